The summed E-state index contributed by atoms with van der Waals surface area (Å²) in [6.45, 7) is 3.15. The molecule has 6 nitrogen and oxygen atoms in total. The predicted molar refractivity (Wildman–Crippen MR) is 93.3 cm³/mol. The van der Waals surface area contributed by atoms with Gasteiger partial charge in [0.25, 0.3) is 5.91 Å². The van der Waals surface area contributed by atoms with Gasteiger partial charge in [-0.2, -0.15) is 0 Å². The number of hydrogen-bond donors (Lipinski definition) is 2. The lowest BCUT2D eigenvalue weighted by molar-refractivity contribution is 0.0910. The van der Waals surface area contributed by atoms with Crippen LogP contribution in [0, 0.1) is 5.92 Å². The maximum Gasteiger partial charge on any atom is 0.326 e. The highest BCUT2D eigenvalue weighted by atomic mass is 16.5. The van der Waals surface area contributed by atoms with E-state index in [1.165, 1.54) is 19.3 Å². The van der Waals surface area contributed by atoms with Crippen molar-refractivity contribution < 1.29 is 9.53 Å². The maximum absolute atomic E-state index is 12.5. The number of hydrogen-bond acceptors (Lipinski definition) is 3. The molecular formula is C18H25N3O3. The molecule has 0 bridgehead atoms. The minimum Gasteiger partial charge on any atom is -0.383 e. The number of ether oxygens (including phenoxy) is 1. The number of imidazole rings is 1. The van der Waals surface area contributed by atoms with E-state index >= 15 is 0 Å². The number of aromatic nitrogens is 2. The van der Waals surface area contributed by atoms with Crippen molar-refractivity contribution in [3.8, 4) is 0 Å². The van der Waals surface area contributed by atoms with E-state index in [2.05, 4.69) is 17.2 Å². The average molecular weight is 331 g/mol. The van der Waals surface area contributed by atoms with E-state index in [1.54, 1.807) is 23.8 Å². The molecule has 2 N–H and O–H groups in total. The highest BCUT2D eigenvalue weighted by Gasteiger charge is 2.23. The quantitative estimate of drug-likeness (QED) is 0.882. The second-order valence-electron chi connectivity index (χ2n) is 6.65. The van der Waals surface area contributed by atoms with Gasteiger partial charge in [-0.25, -0.2) is 4.79 Å². The van der Waals surface area contributed by atoms with Crippen molar-refractivity contribution >= 4 is 16.9 Å². The van der Waals surface area contributed by atoms with Crippen molar-refractivity contribution in [2.24, 2.45) is 5.92 Å². The van der Waals surface area contributed by atoms with E-state index in [0.29, 0.717) is 30.1 Å². The summed E-state index contributed by atoms with van der Waals surface area (Å²) in [6, 6.07) is 5.60. The number of fused-ring (bicyclic) bond motifs is 1. The summed E-state index contributed by atoms with van der Waals surface area (Å²) in [7, 11) is 1.61. The lowest BCUT2D eigenvalue weighted by Crippen LogP contribution is -2.41. The molecule has 2 atom stereocenters. The number of nitrogens with zero attached hydrogens (tertiary/aromatic N) is 1. The maximum atomic E-state index is 12.5. The van der Waals surface area contributed by atoms with E-state index in [9.17, 15) is 9.59 Å². The molecule has 1 heterocycles. The van der Waals surface area contributed by atoms with Crippen LogP contribution in [0.2, 0.25) is 0 Å². The number of carbonyl (C=O) groups is 1. The molecule has 1 aromatic carbocycles. The first-order chi connectivity index (χ1) is 11.6. The second kappa shape index (κ2) is 7.21. The number of methoxy groups -OCH3 is 1. The van der Waals surface area contributed by atoms with Crippen LogP contribution in [0.3, 0.4) is 0 Å². The monoisotopic (exact) mass is 331 g/mol. The lowest BCUT2D eigenvalue weighted by Gasteiger charge is -2.29. The van der Waals surface area contributed by atoms with E-state index < -0.39 is 0 Å². The third-order valence-corrected chi connectivity index (χ3v) is 4.98. The summed E-state index contributed by atoms with van der Waals surface area (Å²) in [6.07, 6.45) is 4.62. The molecule has 1 aromatic heterocycles. The van der Waals surface area contributed by atoms with E-state index in [0.717, 1.165) is 11.9 Å². The summed E-state index contributed by atoms with van der Waals surface area (Å²) >= 11 is 0. The van der Waals surface area contributed by atoms with E-state index in [1.807, 2.05) is 6.07 Å². The van der Waals surface area contributed by atoms with Gasteiger partial charge in [0.1, 0.15) is 0 Å². The van der Waals surface area contributed by atoms with Crippen LogP contribution in [-0.2, 0) is 11.3 Å². The summed E-state index contributed by atoms with van der Waals surface area (Å²) in [5.41, 5.74) is 1.88. The number of carbonyl (C=O) groups excluding carboxylic acids is 1. The summed E-state index contributed by atoms with van der Waals surface area (Å²) < 4.78 is 6.67. The van der Waals surface area contributed by atoms with Gasteiger partial charge in [0.15, 0.2) is 0 Å². The number of H-pyrrole nitrogens is 1. The van der Waals surface area contributed by atoms with Gasteiger partial charge in [-0.1, -0.05) is 19.8 Å². The Hall–Kier alpha value is -2.08. The van der Waals surface area contributed by atoms with Gasteiger partial charge < -0.3 is 15.0 Å². The molecule has 0 spiro atoms. The number of rotatable bonds is 5. The van der Waals surface area contributed by atoms with Gasteiger partial charge in [0.2, 0.25) is 0 Å². The molecule has 6 heteroatoms. The predicted octanol–water partition coefficient (Wildman–Crippen LogP) is 2.28. The van der Waals surface area contributed by atoms with Gasteiger partial charge in [0, 0.05) is 18.7 Å². The third-order valence-electron chi connectivity index (χ3n) is 4.98. The summed E-state index contributed by atoms with van der Waals surface area (Å²) in [4.78, 5) is 27.4. The van der Waals surface area contributed by atoms with Crippen molar-refractivity contribution in [3.05, 3.63) is 34.2 Å². The summed E-state index contributed by atoms with van der Waals surface area (Å²) in [5, 5.41) is 3.15. The van der Waals surface area contributed by atoms with E-state index in [-0.39, 0.29) is 17.6 Å². The van der Waals surface area contributed by atoms with Crippen molar-refractivity contribution in [1.29, 1.82) is 0 Å². The van der Waals surface area contributed by atoms with Crippen molar-refractivity contribution in [2.75, 3.05) is 13.7 Å². The Morgan fingerprint density at radius 3 is 2.92 bits per heavy atom. The Morgan fingerprint density at radius 2 is 2.17 bits per heavy atom. The SMILES string of the molecule is COCCn1c(=O)[nH]c2cc(C(=O)NC3CCCCC3C)ccc21. The topological polar surface area (TPSA) is 76.1 Å². The van der Waals surface area contributed by atoms with Crippen LogP contribution in [0.25, 0.3) is 11.0 Å². The van der Waals surface area contributed by atoms with Crippen molar-refractivity contribution in [3.63, 3.8) is 0 Å². The number of amides is 1. The molecule has 1 amide bonds. The van der Waals surface area contributed by atoms with Crippen LogP contribution >= 0.6 is 0 Å². The highest BCUT2D eigenvalue weighted by molar-refractivity contribution is 5.97. The molecule has 0 saturated heterocycles. The normalized spacial score (nSPS) is 21.1. The minimum absolute atomic E-state index is 0.0684. The molecule has 3 rings (SSSR count). The molecule has 1 aliphatic carbocycles. The first-order valence-corrected chi connectivity index (χ1v) is 8.62. The zero-order valence-corrected chi connectivity index (χ0v) is 14.3. The van der Waals surface area contributed by atoms with Crippen LogP contribution in [0.5, 0.6) is 0 Å². The fourth-order valence-corrected chi connectivity index (χ4v) is 3.49. The molecule has 1 saturated carbocycles. The van der Waals surface area contributed by atoms with Crippen molar-refractivity contribution in [2.45, 2.75) is 45.2 Å². The smallest absolute Gasteiger partial charge is 0.326 e. The molecule has 2 aromatic rings. The van der Waals surface area contributed by atoms with Gasteiger partial charge in [-0.15, -0.1) is 0 Å². The Bertz CT molecular complexity index is 777. The van der Waals surface area contributed by atoms with E-state index in [4.69, 9.17) is 4.74 Å². The van der Waals surface area contributed by atoms with Gasteiger partial charge in [0.05, 0.1) is 24.2 Å². The van der Waals surface area contributed by atoms with Gasteiger partial charge >= 0.3 is 5.69 Å². The summed E-state index contributed by atoms with van der Waals surface area (Å²) in [5.74, 6) is 0.447. The Balaban J connectivity index is 1.80. The fraction of sp³-hybridized carbons (Fsp3) is 0.556. The third kappa shape index (κ3) is 3.38. The molecule has 24 heavy (non-hydrogen) atoms. The van der Waals surface area contributed by atoms with Crippen LogP contribution in [0.4, 0.5) is 0 Å². The van der Waals surface area contributed by atoms with Crippen LogP contribution in [0.1, 0.15) is 43.0 Å². The first kappa shape index (κ1) is 16.8. The molecule has 1 fully saturated rings. The fourth-order valence-electron chi connectivity index (χ4n) is 3.49. The number of benzene rings is 1. The molecule has 0 aliphatic heterocycles. The second-order valence-corrected chi connectivity index (χ2v) is 6.65. The molecule has 130 valence electrons. The molecule has 2 unspecified atom stereocenters. The molecule has 0 radical (unpaired) electrons. The largest absolute Gasteiger partial charge is 0.383 e. The van der Waals surface area contributed by atoms with Crippen LogP contribution in [0.15, 0.2) is 23.0 Å². The van der Waals surface area contributed by atoms with Crippen molar-refractivity contribution in [1.82, 2.24) is 14.9 Å². The average Bonchev–Trinajstić information content (AvgIpc) is 2.89. The Morgan fingerprint density at radius 1 is 1.38 bits per heavy atom. The molecular weight excluding hydrogens is 306 g/mol. The van der Waals surface area contributed by atoms with Crippen LogP contribution < -0.4 is 11.0 Å². The number of nitrogens with one attached hydrogen (secondary N) is 2. The zero-order chi connectivity index (χ0) is 17.1. The standard InChI is InChI=1S/C18H25N3O3/c1-12-5-3-4-6-14(12)19-17(22)13-7-8-16-15(11-13)20-18(23)21(16)9-10-24-2/h7-8,11-12,14H,3-6,9-10H2,1-2H3,(H,19,22)(H,20,23). The minimum atomic E-state index is -0.180. The van der Waals surface area contributed by atoms with Crippen LogP contribution in [-0.4, -0.2) is 35.2 Å². The lowest BCUT2D eigenvalue weighted by atomic mass is 9.86. The Labute approximate surface area is 141 Å². The number of aromatic amines is 1. The molecule has 1 aliphatic rings. The van der Waals surface area contributed by atoms with Gasteiger partial charge in [-0.3, -0.25) is 9.36 Å². The highest BCUT2D eigenvalue weighted by Crippen LogP contribution is 2.24. The van der Waals surface area contributed by atoms with Gasteiger partial charge in [-0.05, 0) is 37.0 Å². The zero-order valence-electron chi connectivity index (χ0n) is 14.3. The first-order valence-electron chi connectivity index (χ1n) is 8.62. The Kier molecular flexibility index (Phi) is 5.04.